The second kappa shape index (κ2) is 11.3. The van der Waals surface area contributed by atoms with Gasteiger partial charge < -0.3 is 23.7 Å². The summed E-state index contributed by atoms with van der Waals surface area (Å²) in [4.78, 5) is 37.5. The summed E-state index contributed by atoms with van der Waals surface area (Å²) >= 11 is 0. The van der Waals surface area contributed by atoms with Crippen LogP contribution in [0.3, 0.4) is 0 Å². The summed E-state index contributed by atoms with van der Waals surface area (Å²) in [5.41, 5.74) is 4.93. The summed E-state index contributed by atoms with van der Waals surface area (Å²) in [6.07, 6.45) is 4.28. The molecule has 42 heavy (non-hydrogen) atoms. The molecule has 2 amide bonds. The minimum atomic E-state index is -0.608. The molecule has 3 aromatic heterocycles. The number of carbonyl (C=O) groups is 2. The number of carbonyl (C=O) groups excluding carboxylic acids is 2. The lowest BCUT2D eigenvalue weighted by atomic mass is 10.0. The first kappa shape index (κ1) is 28.9. The number of pyridine rings is 2. The maximum Gasteiger partial charge on any atom is 0.413 e. The first-order valence-electron chi connectivity index (χ1n) is 14.0. The molecular weight excluding hydrogens is 534 g/mol. The molecule has 1 aliphatic heterocycles. The largest absolute Gasteiger partial charge is 0.462 e. The first-order chi connectivity index (χ1) is 19.8. The van der Waals surface area contributed by atoms with E-state index in [9.17, 15) is 9.59 Å². The van der Waals surface area contributed by atoms with Crippen LogP contribution >= 0.6 is 0 Å². The zero-order valence-corrected chi connectivity index (χ0v) is 24.9. The first-order valence-corrected chi connectivity index (χ1v) is 14.0. The van der Waals surface area contributed by atoms with Crippen LogP contribution in [0.1, 0.15) is 41.5 Å². The molecule has 4 heterocycles. The second-order valence-electron chi connectivity index (χ2n) is 12.3. The van der Waals surface area contributed by atoms with Gasteiger partial charge in [-0.3, -0.25) is 10.3 Å². The topological polar surface area (TPSA) is 110 Å². The Morgan fingerprint density at radius 2 is 1.52 bits per heavy atom. The van der Waals surface area contributed by atoms with E-state index in [2.05, 4.69) is 39.5 Å². The highest BCUT2D eigenvalue weighted by atomic mass is 16.6. The van der Waals surface area contributed by atoms with E-state index < -0.39 is 17.3 Å². The van der Waals surface area contributed by atoms with Gasteiger partial charge in [0.05, 0.1) is 0 Å². The van der Waals surface area contributed by atoms with Crippen LogP contribution in [-0.2, 0) is 9.47 Å². The SMILES string of the molecule is CC(C)(C)OC(=O)Nc1cc(-c2coc3cc(-c4ccc(N5CCN(C(=O)OC(C)(C)C)CC5)cc4)cnc23)ccn1. The number of hydrogen-bond acceptors (Lipinski definition) is 8. The predicted octanol–water partition coefficient (Wildman–Crippen LogP) is 6.96. The van der Waals surface area contributed by atoms with Crippen LogP contribution in [0.15, 0.2) is 65.5 Å². The van der Waals surface area contributed by atoms with Gasteiger partial charge in [-0.2, -0.15) is 0 Å². The predicted molar refractivity (Wildman–Crippen MR) is 163 cm³/mol. The van der Waals surface area contributed by atoms with Crippen LogP contribution in [0, 0.1) is 0 Å². The average Bonchev–Trinajstić information content (AvgIpc) is 3.35. The molecule has 0 radical (unpaired) electrons. The normalized spacial score (nSPS) is 14.1. The molecule has 0 unspecified atom stereocenters. The van der Waals surface area contributed by atoms with E-state index in [4.69, 9.17) is 18.9 Å². The molecule has 1 saturated heterocycles. The van der Waals surface area contributed by atoms with Crippen LogP contribution in [-0.4, -0.2) is 64.4 Å². The molecule has 220 valence electrons. The third-order valence-corrected chi connectivity index (χ3v) is 6.61. The molecule has 4 aromatic rings. The third-order valence-electron chi connectivity index (χ3n) is 6.61. The fraction of sp³-hybridized carbons (Fsp3) is 0.375. The third kappa shape index (κ3) is 6.99. The number of aromatic nitrogens is 2. The van der Waals surface area contributed by atoms with Crippen LogP contribution in [0.2, 0.25) is 0 Å². The number of fused-ring (bicyclic) bond motifs is 1. The van der Waals surface area contributed by atoms with Gasteiger partial charge in [0.2, 0.25) is 0 Å². The number of furan rings is 1. The monoisotopic (exact) mass is 571 g/mol. The van der Waals surface area contributed by atoms with Crippen molar-refractivity contribution in [3.05, 3.63) is 61.1 Å². The van der Waals surface area contributed by atoms with Crippen LogP contribution in [0.5, 0.6) is 0 Å². The van der Waals surface area contributed by atoms with E-state index >= 15 is 0 Å². The molecule has 5 rings (SSSR count). The summed E-state index contributed by atoms with van der Waals surface area (Å²) in [7, 11) is 0. The summed E-state index contributed by atoms with van der Waals surface area (Å²) in [6.45, 7) is 13.8. The standard InChI is InChI=1S/C32H37N5O5/c1-31(2,3)41-29(38)35-27-18-22(11-12-33-27)25-20-40-26-17-23(19-34-28(25)26)21-7-9-24(10-8-21)36-13-15-37(16-14-36)30(39)42-32(4,5)6/h7-12,17-20H,13-16H2,1-6H3,(H,33,35,38). The lowest BCUT2D eigenvalue weighted by molar-refractivity contribution is 0.0240. The van der Waals surface area contributed by atoms with Gasteiger partial charge in [-0.1, -0.05) is 12.1 Å². The fourth-order valence-corrected chi connectivity index (χ4v) is 4.69. The number of hydrogen-bond donors (Lipinski definition) is 1. The van der Waals surface area contributed by atoms with Gasteiger partial charge in [0, 0.05) is 55.4 Å². The number of amides is 2. The Morgan fingerprint density at radius 1 is 0.833 bits per heavy atom. The van der Waals surface area contributed by atoms with Gasteiger partial charge >= 0.3 is 12.2 Å². The number of benzene rings is 1. The van der Waals surface area contributed by atoms with Gasteiger partial charge in [-0.25, -0.2) is 14.6 Å². The van der Waals surface area contributed by atoms with Gasteiger partial charge in [-0.15, -0.1) is 0 Å². The van der Waals surface area contributed by atoms with E-state index in [1.165, 1.54) is 0 Å². The Balaban J connectivity index is 1.26. The highest BCUT2D eigenvalue weighted by Crippen LogP contribution is 2.33. The molecule has 10 heteroatoms. The molecule has 10 nitrogen and oxygen atoms in total. The summed E-state index contributed by atoms with van der Waals surface area (Å²) < 4.78 is 16.7. The lowest BCUT2D eigenvalue weighted by Crippen LogP contribution is -2.50. The Labute approximate surface area is 245 Å². The second-order valence-corrected chi connectivity index (χ2v) is 12.3. The van der Waals surface area contributed by atoms with E-state index in [0.29, 0.717) is 30.0 Å². The summed E-state index contributed by atoms with van der Waals surface area (Å²) in [5.74, 6) is 0.374. The zero-order chi connectivity index (χ0) is 30.1. The van der Waals surface area contributed by atoms with Crippen molar-refractivity contribution in [2.75, 3.05) is 36.4 Å². The molecule has 0 atom stereocenters. The van der Waals surface area contributed by atoms with Gasteiger partial charge in [0.15, 0.2) is 5.58 Å². The van der Waals surface area contributed by atoms with Crippen LogP contribution < -0.4 is 10.2 Å². The minimum absolute atomic E-state index is 0.261. The van der Waals surface area contributed by atoms with Crippen LogP contribution in [0.25, 0.3) is 33.4 Å². The van der Waals surface area contributed by atoms with Crippen molar-refractivity contribution in [1.82, 2.24) is 14.9 Å². The Bertz CT molecular complexity index is 1580. The summed E-state index contributed by atoms with van der Waals surface area (Å²) in [6, 6.07) is 13.9. The van der Waals surface area contributed by atoms with E-state index in [0.717, 1.165) is 41.0 Å². The van der Waals surface area contributed by atoms with Gasteiger partial charge in [0.1, 0.15) is 28.8 Å². The van der Waals surface area contributed by atoms with Crippen LogP contribution in [0.4, 0.5) is 21.1 Å². The van der Waals surface area contributed by atoms with Crippen molar-refractivity contribution in [3.63, 3.8) is 0 Å². The van der Waals surface area contributed by atoms with Gasteiger partial charge in [0.25, 0.3) is 0 Å². The highest BCUT2D eigenvalue weighted by Gasteiger charge is 2.26. The summed E-state index contributed by atoms with van der Waals surface area (Å²) in [5, 5.41) is 2.67. The van der Waals surface area contributed by atoms with Crippen molar-refractivity contribution in [2.45, 2.75) is 52.7 Å². The molecule has 0 saturated carbocycles. The lowest BCUT2D eigenvalue weighted by Gasteiger charge is -2.36. The van der Waals surface area contributed by atoms with Gasteiger partial charge in [-0.05, 0) is 83.0 Å². The number of nitrogens with zero attached hydrogens (tertiary/aromatic N) is 4. The van der Waals surface area contributed by atoms with E-state index in [1.807, 2.05) is 39.1 Å². The molecule has 0 aliphatic carbocycles. The van der Waals surface area contributed by atoms with Crippen molar-refractivity contribution >= 4 is 34.8 Å². The van der Waals surface area contributed by atoms with Crippen molar-refractivity contribution in [3.8, 4) is 22.3 Å². The molecule has 0 bridgehead atoms. The molecule has 1 fully saturated rings. The Hall–Kier alpha value is -4.60. The molecule has 0 spiro atoms. The molecule has 1 aromatic carbocycles. The van der Waals surface area contributed by atoms with E-state index in [-0.39, 0.29) is 6.09 Å². The maximum atomic E-state index is 12.4. The van der Waals surface area contributed by atoms with Crippen molar-refractivity contribution in [1.29, 1.82) is 0 Å². The number of piperazine rings is 1. The van der Waals surface area contributed by atoms with Crippen molar-refractivity contribution in [2.24, 2.45) is 0 Å². The smallest absolute Gasteiger partial charge is 0.413 e. The fourth-order valence-electron chi connectivity index (χ4n) is 4.69. The average molecular weight is 572 g/mol. The molecule has 1 N–H and O–H groups in total. The zero-order valence-electron chi connectivity index (χ0n) is 24.9. The number of ether oxygens (including phenoxy) is 2. The Morgan fingerprint density at radius 3 is 2.19 bits per heavy atom. The number of rotatable bonds is 4. The number of anilines is 2. The minimum Gasteiger partial charge on any atom is -0.462 e. The maximum absolute atomic E-state index is 12.4. The molecule has 1 aliphatic rings. The quantitative estimate of drug-likeness (QED) is 0.280. The van der Waals surface area contributed by atoms with Crippen molar-refractivity contribution < 1.29 is 23.5 Å². The molecular formula is C32H37N5O5. The Kier molecular flexibility index (Phi) is 7.81. The number of nitrogens with one attached hydrogen (secondary N) is 1. The van der Waals surface area contributed by atoms with E-state index in [1.54, 1.807) is 44.2 Å². The highest BCUT2D eigenvalue weighted by molar-refractivity contribution is 5.93.